The van der Waals surface area contributed by atoms with Crippen molar-refractivity contribution in [2.24, 2.45) is 0 Å². The molecule has 0 spiro atoms. The number of fused-ring (bicyclic) bond motifs is 1. The number of ether oxygens (including phenoxy) is 1. The normalized spacial score (nSPS) is 19.4. The molecule has 2 heterocycles. The van der Waals surface area contributed by atoms with Gasteiger partial charge < -0.3 is 9.64 Å². The fraction of sp³-hybridized carbons (Fsp3) is 0.100. The van der Waals surface area contributed by atoms with E-state index in [4.69, 9.17) is 17.0 Å². The van der Waals surface area contributed by atoms with Crippen molar-refractivity contribution in [3.05, 3.63) is 77.5 Å². The van der Waals surface area contributed by atoms with Crippen molar-refractivity contribution >= 4 is 45.6 Å². The fourth-order valence-electron chi connectivity index (χ4n) is 2.93. The smallest absolute Gasteiger partial charge is 0.270 e. The third-order valence-corrected chi connectivity index (χ3v) is 5.46. The number of allylic oxidation sites excluding steroid dienone is 2. The SMILES string of the molecule is CCN1/C(=C/C=C2\SC(=S)N(c3ccccc3)C2=O)Oc2ccccc21. The number of para-hydroxylation sites is 3. The molecular formula is C20H16N2O2S2. The Labute approximate surface area is 161 Å². The molecule has 2 aromatic rings. The lowest BCUT2D eigenvalue weighted by molar-refractivity contribution is -0.113. The average Bonchev–Trinajstić information content (AvgIpc) is 3.16. The zero-order valence-corrected chi connectivity index (χ0v) is 15.7. The lowest BCUT2D eigenvalue weighted by Gasteiger charge is -2.15. The van der Waals surface area contributed by atoms with Gasteiger partial charge in [0.1, 0.15) is 0 Å². The molecule has 2 aromatic carbocycles. The highest BCUT2D eigenvalue weighted by atomic mass is 32.2. The summed E-state index contributed by atoms with van der Waals surface area (Å²) in [5.74, 6) is 1.42. The van der Waals surface area contributed by atoms with Gasteiger partial charge in [0.15, 0.2) is 10.1 Å². The number of benzene rings is 2. The van der Waals surface area contributed by atoms with Gasteiger partial charge in [0.25, 0.3) is 5.91 Å². The number of rotatable bonds is 3. The van der Waals surface area contributed by atoms with E-state index in [-0.39, 0.29) is 5.91 Å². The van der Waals surface area contributed by atoms with Gasteiger partial charge in [-0.05, 0) is 37.3 Å². The third-order valence-electron chi connectivity index (χ3n) is 4.14. The number of hydrogen-bond acceptors (Lipinski definition) is 5. The van der Waals surface area contributed by atoms with Crippen LogP contribution in [-0.2, 0) is 4.79 Å². The van der Waals surface area contributed by atoms with Crippen molar-refractivity contribution in [1.29, 1.82) is 0 Å². The van der Waals surface area contributed by atoms with Gasteiger partial charge >= 0.3 is 0 Å². The Hall–Kier alpha value is -2.57. The summed E-state index contributed by atoms with van der Waals surface area (Å²) in [4.78, 5) is 17.0. The molecule has 1 fully saturated rings. The van der Waals surface area contributed by atoms with Crippen molar-refractivity contribution in [2.45, 2.75) is 6.92 Å². The monoisotopic (exact) mass is 380 g/mol. The first-order valence-corrected chi connectivity index (χ1v) is 9.49. The molecule has 4 nitrogen and oxygen atoms in total. The molecular weight excluding hydrogens is 364 g/mol. The molecule has 6 heteroatoms. The average molecular weight is 380 g/mol. The highest BCUT2D eigenvalue weighted by Gasteiger charge is 2.33. The number of amides is 1. The van der Waals surface area contributed by atoms with Crippen LogP contribution in [0.5, 0.6) is 5.75 Å². The first-order chi connectivity index (χ1) is 12.7. The van der Waals surface area contributed by atoms with E-state index in [1.165, 1.54) is 11.8 Å². The maximum Gasteiger partial charge on any atom is 0.270 e. The largest absolute Gasteiger partial charge is 0.439 e. The second-order valence-corrected chi connectivity index (χ2v) is 7.37. The molecule has 0 saturated carbocycles. The zero-order chi connectivity index (χ0) is 18.1. The topological polar surface area (TPSA) is 32.8 Å². The van der Waals surface area contributed by atoms with Crippen LogP contribution in [0.3, 0.4) is 0 Å². The van der Waals surface area contributed by atoms with E-state index in [1.54, 1.807) is 11.0 Å². The number of carbonyl (C=O) groups is 1. The molecule has 0 aliphatic carbocycles. The Balaban J connectivity index is 1.61. The van der Waals surface area contributed by atoms with Crippen LogP contribution in [0.1, 0.15) is 6.92 Å². The van der Waals surface area contributed by atoms with Crippen molar-refractivity contribution < 1.29 is 9.53 Å². The Morgan fingerprint density at radius 1 is 1.08 bits per heavy atom. The second kappa shape index (κ2) is 6.97. The Bertz CT molecular complexity index is 938. The zero-order valence-electron chi connectivity index (χ0n) is 14.1. The molecule has 2 aliphatic heterocycles. The number of carbonyl (C=O) groups excluding carboxylic acids is 1. The predicted octanol–water partition coefficient (Wildman–Crippen LogP) is 4.70. The van der Waals surface area contributed by atoms with Crippen molar-refractivity contribution in [2.75, 3.05) is 16.3 Å². The van der Waals surface area contributed by atoms with Crippen LogP contribution in [0.4, 0.5) is 11.4 Å². The summed E-state index contributed by atoms with van der Waals surface area (Å²) in [7, 11) is 0. The van der Waals surface area contributed by atoms with E-state index in [9.17, 15) is 4.79 Å². The minimum Gasteiger partial charge on any atom is -0.439 e. The van der Waals surface area contributed by atoms with Crippen LogP contribution in [0.15, 0.2) is 77.5 Å². The summed E-state index contributed by atoms with van der Waals surface area (Å²) >= 11 is 6.70. The van der Waals surface area contributed by atoms with Crippen molar-refractivity contribution in [3.8, 4) is 5.75 Å². The van der Waals surface area contributed by atoms with Crippen LogP contribution in [-0.4, -0.2) is 16.8 Å². The van der Waals surface area contributed by atoms with Crippen molar-refractivity contribution in [3.63, 3.8) is 0 Å². The molecule has 1 saturated heterocycles. The number of anilines is 2. The Morgan fingerprint density at radius 3 is 2.58 bits per heavy atom. The minimum absolute atomic E-state index is 0.110. The summed E-state index contributed by atoms with van der Waals surface area (Å²) in [6, 6.07) is 17.3. The van der Waals surface area contributed by atoms with E-state index in [0.717, 1.165) is 23.7 Å². The van der Waals surface area contributed by atoms with Gasteiger partial charge in [-0.3, -0.25) is 9.69 Å². The molecule has 1 amide bonds. The standard InChI is InChI=1S/C20H16N2O2S2/c1-2-21-15-10-6-7-11-16(15)24-18(21)13-12-17-19(23)22(20(25)26-17)14-8-4-3-5-9-14/h3-13H,2H2,1H3/b17-12-,18-13-. The van der Waals surface area contributed by atoms with Gasteiger partial charge in [-0.2, -0.15) is 0 Å². The molecule has 0 radical (unpaired) electrons. The van der Waals surface area contributed by atoms with Gasteiger partial charge in [-0.25, -0.2) is 0 Å². The second-order valence-electron chi connectivity index (χ2n) is 5.69. The summed E-state index contributed by atoms with van der Waals surface area (Å²) in [5, 5.41) is 0. The number of thiocarbonyl (C=S) groups is 1. The molecule has 4 rings (SSSR count). The summed E-state index contributed by atoms with van der Waals surface area (Å²) < 4.78 is 6.46. The summed E-state index contributed by atoms with van der Waals surface area (Å²) in [5.41, 5.74) is 1.82. The summed E-state index contributed by atoms with van der Waals surface area (Å²) in [6.45, 7) is 2.84. The molecule has 130 valence electrons. The molecule has 2 aliphatic rings. The van der Waals surface area contributed by atoms with Gasteiger partial charge in [0.2, 0.25) is 5.88 Å². The molecule has 0 N–H and O–H groups in total. The van der Waals surface area contributed by atoms with Crippen LogP contribution in [0.25, 0.3) is 0 Å². The lowest BCUT2D eigenvalue weighted by atomic mass is 10.3. The van der Waals surface area contributed by atoms with E-state index in [2.05, 4.69) is 11.8 Å². The van der Waals surface area contributed by atoms with Crippen LogP contribution in [0, 0.1) is 0 Å². The lowest BCUT2D eigenvalue weighted by Crippen LogP contribution is -2.27. The quantitative estimate of drug-likeness (QED) is 0.570. The Morgan fingerprint density at radius 2 is 1.81 bits per heavy atom. The number of hydrogen-bond donors (Lipinski definition) is 0. The van der Waals surface area contributed by atoms with E-state index in [0.29, 0.717) is 15.1 Å². The molecule has 0 atom stereocenters. The van der Waals surface area contributed by atoms with E-state index in [1.807, 2.05) is 60.7 Å². The van der Waals surface area contributed by atoms with Gasteiger partial charge in [0, 0.05) is 12.6 Å². The number of thioether (sulfide) groups is 1. The molecule has 26 heavy (non-hydrogen) atoms. The van der Waals surface area contributed by atoms with E-state index >= 15 is 0 Å². The minimum atomic E-state index is -0.110. The van der Waals surface area contributed by atoms with Crippen LogP contribution < -0.4 is 14.5 Å². The van der Waals surface area contributed by atoms with Crippen molar-refractivity contribution in [1.82, 2.24) is 0 Å². The molecule has 0 unspecified atom stereocenters. The van der Waals surface area contributed by atoms with Gasteiger partial charge in [-0.15, -0.1) is 0 Å². The van der Waals surface area contributed by atoms with Crippen LogP contribution >= 0.6 is 24.0 Å². The highest BCUT2D eigenvalue weighted by Crippen LogP contribution is 2.39. The van der Waals surface area contributed by atoms with Gasteiger partial charge in [0.05, 0.1) is 16.3 Å². The summed E-state index contributed by atoms with van der Waals surface area (Å²) in [6.07, 6.45) is 3.62. The molecule has 0 aromatic heterocycles. The first kappa shape index (κ1) is 16.9. The number of nitrogens with zero attached hydrogens (tertiary/aromatic N) is 2. The van der Waals surface area contributed by atoms with Crippen LogP contribution in [0.2, 0.25) is 0 Å². The van der Waals surface area contributed by atoms with Gasteiger partial charge in [-0.1, -0.05) is 54.3 Å². The maximum absolute atomic E-state index is 12.8. The Kier molecular flexibility index (Phi) is 4.53. The highest BCUT2D eigenvalue weighted by molar-refractivity contribution is 8.27. The third kappa shape index (κ3) is 2.91. The maximum atomic E-state index is 12.8. The van der Waals surface area contributed by atoms with E-state index < -0.39 is 0 Å². The predicted molar refractivity (Wildman–Crippen MR) is 110 cm³/mol. The molecule has 0 bridgehead atoms. The first-order valence-electron chi connectivity index (χ1n) is 8.26. The fourth-order valence-corrected chi connectivity index (χ4v) is 4.17.